The van der Waals surface area contributed by atoms with Crippen LogP contribution in [0, 0.1) is 0 Å². The van der Waals surface area contributed by atoms with Gasteiger partial charge in [0.15, 0.2) is 11.6 Å². The van der Waals surface area contributed by atoms with Crippen molar-refractivity contribution in [1.82, 2.24) is 9.97 Å². The van der Waals surface area contributed by atoms with Crippen molar-refractivity contribution in [3.63, 3.8) is 0 Å². The van der Waals surface area contributed by atoms with Gasteiger partial charge in [0.05, 0.1) is 26.0 Å². The van der Waals surface area contributed by atoms with Gasteiger partial charge in [-0.05, 0) is 34.9 Å². The molecule has 0 saturated carbocycles. The molecule has 7 heteroatoms. The number of benzene rings is 2. The van der Waals surface area contributed by atoms with E-state index in [0.29, 0.717) is 18.2 Å². The zero-order chi connectivity index (χ0) is 19.9. The van der Waals surface area contributed by atoms with Gasteiger partial charge in [-0.3, -0.25) is 0 Å². The summed E-state index contributed by atoms with van der Waals surface area (Å²) in [6, 6.07) is 17.0. The lowest BCUT2D eigenvalue weighted by Gasteiger charge is -2.29. The maximum Gasteiger partial charge on any atom is 0.224 e. The van der Waals surface area contributed by atoms with Crippen molar-refractivity contribution >= 4 is 17.4 Å². The quantitative estimate of drug-likeness (QED) is 0.579. The second kappa shape index (κ2) is 9.39. The van der Waals surface area contributed by atoms with Crippen molar-refractivity contribution in [2.75, 3.05) is 25.7 Å². The number of aromatic nitrogens is 2. The number of aliphatic hydroxyl groups is 1. The van der Waals surface area contributed by atoms with Gasteiger partial charge in [-0.2, -0.15) is 4.98 Å². The lowest BCUT2D eigenvalue weighted by Crippen LogP contribution is -2.28. The first-order valence-electron chi connectivity index (χ1n) is 8.79. The van der Waals surface area contributed by atoms with Gasteiger partial charge in [0.1, 0.15) is 12.4 Å². The van der Waals surface area contributed by atoms with Crippen LogP contribution < -0.4 is 14.4 Å². The summed E-state index contributed by atoms with van der Waals surface area (Å²) in [6.07, 6.45) is 1.55. The second-order valence-electron chi connectivity index (χ2n) is 6.18. The fraction of sp³-hybridized carbons (Fsp3) is 0.238. The van der Waals surface area contributed by atoms with Crippen molar-refractivity contribution < 1.29 is 14.6 Å². The first kappa shape index (κ1) is 19.9. The van der Waals surface area contributed by atoms with Gasteiger partial charge in [-0.15, -0.1) is 0 Å². The van der Waals surface area contributed by atoms with Gasteiger partial charge >= 0.3 is 0 Å². The Morgan fingerprint density at radius 2 is 1.82 bits per heavy atom. The van der Waals surface area contributed by atoms with Crippen molar-refractivity contribution in [3.8, 4) is 11.5 Å². The van der Waals surface area contributed by atoms with E-state index in [9.17, 15) is 5.11 Å². The van der Waals surface area contributed by atoms with Crippen LogP contribution in [0.2, 0.25) is 5.28 Å². The number of nitrogens with zero attached hydrogens (tertiary/aromatic N) is 3. The molecule has 1 heterocycles. The van der Waals surface area contributed by atoms with Gasteiger partial charge in [-0.25, -0.2) is 4.98 Å². The van der Waals surface area contributed by atoms with Crippen molar-refractivity contribution in [3.05, 3.63) is 77.2 Å². The maximum absolute atomic E-state index is 9.96. The van der Waals surface area contributed by atoms with Gasteiger partial charge in [0, 0.05) is 7.05 Å². The van der Waals surface area contributed by atoms with Gasteiger partial charge in [0.25, 0.3) is 0 Å². The Morgan fingerprint density at radius 1 is 1.11 bits per heavy atom. The fourth-order valence-electron chi connectivity index (χ4n) is 2.85. The van der Waals surface area contributed by atoms with Crippen LogP contribution in [0.25, 0.3) is 0 Å². The molecule has 0 aliphatic heterocycles. The fourth-order valence-corrected chi connectivity index (χ4v) is 2.98. The average Bonchev–Trinajstić information content (AvgIpc) is 2.74. The van der Waals surface area contributed by atoms with E-state index in [-0.39, 0.29) is 17.9 Å². The van der Waals surface area contributed by atoms with E-state index in [2.05, 4.69) is 9.97 Å². The number of ether oxygens (including phenoxy) is 2. The van der Waals surface area contributed by atoms with E-state index in [1.54, 1.807) is 13.3 Å². The average molecular weight is 400 g/mol. The van der Waals surface area contributed by atoms with E-state index in [4.69, 9.17) is 21.1 Å². The van der Waals surface area contributed by atoms with Crippen LogP contribution in [0.1, 0.15) is 17.2 Å². The van der Waals surface area contributed by atoms with Gasteiger partial charge in [-0.1, -0.05) is 42.5 Å². The maximum atomic E-state index is 9.96. The molecule has 1 N–H and O–H groups in total. The molecule has 0 aliphatic rings. The van der Waals surface area contributed by atoms with Crippen LogP contribution in [-0.2, 0) is 6.61 Å². The Labute approximate surface area is 169 Å². The van der Waals surface area contributed by atoms with E-state index >= 15 is 0 Å². The molecule has 0 aliphatic carbocycles. The molecule has 0 spiro atoms. The van der Waals surface area contributed by atoms with Crippen LogP contribution in [0.15, 0.2) is 60.8 Å². The Hall–Kier alpha value is -2.83. The first-order valence-corrected chi connectivity index (χ1v) is 9.17. The smallest absolute Gasteiger partial charge is 0.224 e. The van der Waals surface area contributed by atoms with Gasteiger partial charge in [0.2, 0.25) is 5.28 Å². The number of aliphatic hydroxyl groups excluding tert-OH is 1. The summed E-state index contributed by atoms with van der Waals surface area (Å²) in [5, 5.41) is 10.1. The molecule has 2 aromatic carbocycles. The molecule has 1 aromatic heterocycles. The summed E-state index contributed by atoms with van der Waals surface area (Å²) in [4.78, 5) is 10.2. The third kappa shape index (κ3) is 4.71. The lowest BCUT2D eigenvalue weighted by molar-refractivity contribution is 0.261. The zero-order valence-electron chi connectivity index (χ0n) is 15.7. The third-order valence-electron chi connectivity index (χ3n) is 4.42. The van der Waals surface area contributed by atoms with E-state index in [1.807, 2.05) is 66.5 Å². The second-order valence-corrected chi connectivity index (χ2v) is 6.52. The van der Waals surface area contributed by atoms with Crippen LogP contribution in [0.3, 0.4) is 0 Å². The Bertz CT molecular complexity index is 891. The summed E-state index contributed by atoms with van der Waals surface area (Å²) in [5.74, 6) is 1.78. The van der Waals surface area contributed by atoms with E-state index < -0.39 is 0 Å². The SMILES string of the molecule is COc1ccc(COc2cnc(Cl)nc2N(C)[C@@H](CO)c2ccccc2)cc1. The number of anilines is 1. The number of hydrogen-bond acceptors (Lipinski definition) is 6. The number of hydrogen-bond donors (Lipinski definition) is 1. The monoisotopic (exact) mass is 399 g/mol. The van der Waals surface area contributed by atoms with Crippen molar-refractivity contribution in [2.24, 2.45) is 0 Å². The Balaban J connectivity index is 1.83. The summed E-state index contributed by atoms with van der Waals surface area (Å²) in [6.45, 7) is 0.255. The molecule has 3 rings (SSSR count). The number of likely N-dealkylation sites (N-methyl/N-ethyl adjacent to an activating group) is 1. The minimum atomic E-state index is -0.296. The Morgan fingerprint density at radius 3 is 2.46 bits per heavy atom. The molecule has 3 aromatic rings. The molecule has 0 radical (unpaired) electrons. The van der Waals surface area contributed by atoms with Gasteiger partial charge < -0.3 is 19.5 Å². The highest BCUT2D eigenvalue weighted by atomic mass is 35.5. The number of rotatable bonds is 8. The van der Waals surface area contributed by atoms with E-state index in [0.717, 1.165) is 16.9 Å². The molecule has 0 bridgehead atoms. The molecule has 1 atom stereocenters. The molecule has 0 unspecified atom stereocenters. The predicted octanol–water partition coefficient (Wildman–Crippen LogP) is 3.89. The van der Waals surface area contributed by atoms with Crippen LogP contribution in [-0.4, -0.2) is 35.8 Å². The predicted molar refractivity (Wildman–Crippen MR) is 109 cm³/mol. The highest BCUT2D eigenvalue weighted by Crippen LogP contribution is 2.32. The van der Waals surface area contributed by atoms with Crippen LogP contribution in [0.4, 0.5) is 5.82 Å². The van der Waals surface area contributed by atoms with Crippen molar-refractivity contribution in [2.45, 2.75) is 12.6 Å². The zero-order valence-corrected chi connectivity index (χ0v) is 16.5. The topological polar surface area (TPSA) is 67.7 Å². The molecule has 0 saturated heterocycles. The summed E-state index contributed by atoms with van der Waals surface area (Å²) in [5.41, 5.74) is 1.94. The summed E-state index contributed by atoms with van der Waals surface area (Å²) < 4.78 is 11.1. The summed E-state index contributed by atoms with van der Waals surface area (Å²) >= 11 is 6.02. The van der Waals surface area contributed by atoms with E-state index in [1.165, 1.54) is 0 Å². The highest BCUT2D eigenvalue weighted by molar-refractivity contribution is 6.28. The minimum Gasteiger partial charge on any atom is -0.497 e. The van der Waals surface area contributed by atoms with Crippen molar-refractivity contribution in [1.29, 1.82) is 0 Å². The normalized spacial score (nSPS) is 11.7. The molecular formula is C21H22ClN3O3. The molecule has 146 valence electrons. The molecule has 6 nitrogen and oxygen atoms in total. The number of halogens is 1. The minimum absolute atomic E-state index is 0.0833. The Kier molecular flexibility index (Phi) is 6.68. The van der Waals surface area contributed by atoms with Crippen LogP contribution in [0.5, 0.6) is 11.5 Å². The molecule has 0 amide bonds. The molecule has 28 heavy (non-hydrogen) atoms. The largest absolute Gasteiger partial charge is 0.497 e. The summed E-state index contributed by atoms with van der Waals surface area (Å²) in [7, 11) is 3.47. The van der Waals surface area contributed by atoms with Crippen LogP contribution >= 0.6 is 11.6 Å². The first-order chi connectivity index (χ1) is 13.6. The standard InChI is InChI=1S/C21H22ClN3O3/c1-25(18(13-26)16-6-4-3-5-7-16)20-19(12-23-21(22)24-20)28-14-15-8-10-17(27-2)11-9-15/h3-12,18,26H,13-14H2,1-2H3/t18-/m0/s1. The number of methoxy groups -OCH3 is 1. The lowest BCUT2D eigenvalue weighted by atomic mass is 10.1. The molecular weight excluding hydrogens is 378 g/mol. The third-order valence-corrected chi connectivity index (χ3v) is 4.60. The highest BCUT2D eigenvalue weighted by Gasteiger charge is 2.22. The molecule has 0 fully saturated rings.